The first-order valence-electron chi connectivity index (χ1n) is 7.53. The molecule has 1 aromatic rings. The predicted octanol–water partition coefficient (Wildman–Crippen LogP) is 4.11. The Labute approximate surface area is 137 Å². The Morgan fingerprint density at radius 2 is 2.05 bits per heavy atom. The van der Waals surface area contributed by atoms with Crippen LogP contribution in [0.5, 0.6) is 0 Å². The Kier molecular flexibility index (Phi) is 6.81. The fourth-order valence-corrected chi connectivity index (χ4v) is 2.98. The molecule has 0 aliphatic rings. The van der Waals surface area contributed by atoms with Crippen molar-refractivity contribution in [3.05, 3.63) is 16.6 Å². The number of methoxy groups -OCH3 is 1. The number of nitrogens with zero attached hydrogens (tertiary/aromatic N) is 2. The van der Waals surface area contributed by atoms with Crippen LogP contribution in [-0.2, 0) is 9.47 Å². The van der Waals surface area contributed by atoms with Gasteiger partial charge < -0.3 is 14.4 Å². The molecule has 0 spiro atoms. The zero-order valence-electron chi connectivity index (χ0n) is 14.6. The molecule has 0 N–H and O–H groups in total. The standard InChI is InChI=1S/C16H28N2O3S/c1-11(2)12(18(6)15(19)21-16(3,4)5)10-13(20-7)14-17-8-9-22-14/h8-9,11-13H,10H2,1-7H3/t12-,13-/m1/s1. The summed E-state index contributed by atoms with van der Waals surface area (Å²) in [4.78, 5) is 18.3. The number of hydrogen-bond donors (Lipinski definition) is 0. The molecular formula is C16H28N2O3S. The second kappa shape index (κ2) is 7.92. The van der Waals surface area contributed by atoms with Gasteiger partial charge in [-0.25, -0.2) is 9.78 Å². The van der Waals surface area contributed by atoms with Gasteiger partial charge in [-0.1, -0.05) is 13.8 Å². The number of carbonyl (C=O) groups excluding carboxylic acids is 1. The highest BCUT2D eigenvalue weighted by Crippen LogP contribution is 2.28. The first kappa shape index (κ1) is 18.9. The molecule has 0 aliphatic heterocycles. The molecule has 1 heterocycles. The largest absolute Gasteiger partial charge is 0.444 e. The van der Waals surface area contributed by atoms with E-state index in [9.17, 15) is 4.79 Å². The lowest BCUT2D eigenvalue weighted by Crippen LogP contribution is -2.44. The predicted molar refractivity (Wildman–Crippen MR) is 89.1 cm³/mol. The number of thiazole rings is 1. The van der Waals surface area contributed by atoms with Crippen LogP contribution in [0.25, 0.3) is 0 Å². The third kappa shape index (κ3) is 5.57. The third-order valence-electron chi connectivity index (χ3n) is 3.42. The normalized spacial score (nSPS) is 14.7. The summed E-state index contributed by atoms with van der Waals surface area (Å²) in [6, 6.07) is 0.0173. The number of rotatable bonds is 6. The van der Waals surface area contributed by atoms with Crippen molar-refractivity contribution in [2.75, 3.05) is 14.2 Å². The maximum Gasteiger partial charge on any atom is 0.410 e. The van der Waals surface area contributed by atoms with Gasteiger partial charge in [0.25, 0.3) is 0 Å². The first-order valence-corrected chi connectivity index (χ1v) is 8.41. The van der Waals surface area contributed by atoms with Gasteiger partial charge in [0.05, 0.1) is 0 Å². The molecule has 5 nitrogen and oxygen atoms in total. The highest BCUT2D eigenvalue weighted by Gasteiger charge is 2.30. The first-order chi connectivity index (χ1) is 10.2. The molecule has 1 amide bonds. The Hall–Kier alpha value is -1.14. The fraction of sp³-hybridized carbons (Fsp3) is 0.750. The van der Waals surface area contributed by atoms with Crippen LogP contribution in [0.3, 0.4) is 0 Å². The Morgan fingerprint density at radius 3 is 2.45 bits per heavy atom. The summed E-state index contributed by atoms with van der Waals surface area (Å²) in [5, 5.41) is 2.87. The molecule has 0 unspecified atom stereocenters. The van der Waals surface area contributed by atoms with Crippen molar-refractivity contribution in [1.82, 2.24) is 9.88 Å². The maximum absolute atomic E-state index is 12.3. The molecule has 6 heteroatoms. The average Bonchev–Trinajstić information content (AvgIpc) is 2.90. The maximum atomic E-state index is 12.3. The van der Waals surface area contributed by atoms with E-state index < -0.39 is 5.60 Å². The summed E-state index contributed by atoms with van der Waals surface area (Å²) in [6.07, 6.45) is 2.04. The second-order valence-electron chi connectivity index (χ2n) is 6.73. The van der Waals surface area contributed by atoms with E-state index in [1.165, 1.54) is 0 Å². The molecule has 0 saturated heterocycles. The van der Waals surface area contributed by atoms with E-state index in [0.717, 1.165) is 5.01 Å². The van der Waals surface area contributed by atoms with Gasteiger partial charge in [0.1, 0.15) is 16.7 Å². The molecule has 0 saturated carbocycles. The van der Waals surface area contributed by atoms with Crippen LogP contribution in [-0.4, -0.2) is 41.8 Å². The van der Waals surface area contributed by atoms with Crippen molar-refractivity contribution in [3.8, 4) is 0 Å². The summed E-state index contributed by atoms with van der Waals surface area (Å²) in [6.45, 7) is 9.81. The smallest absolute Gasteiger partial charge is 0.410 e. The van der Waals surface area contributed by atoms with E-state index in [1.54, 1.807) is 36.6 Å². The van der Waals surface area contributed by atoms with Gasteiger partial charge in [0.15, 0.2) is 0 Å². The van der Waals surface area contributed by atoms with Crippen LogP contribution in [0.15, 0.2) is 11.6 Å². The molecule has 22 heavy (non-hydrogen) atoms. The lowest BCUT2D eigenvalue weighted by Gasteiger charge is -2.34. The quantitative estimate of drug-likeness (QED) is 0.788. The SMILES string of the molecule is CO[C@H](C[C@H](C(C)C)N(C)C(=O)OC(C)(C)C)c1nccs1. The molecule has 0 aliphatic carbocycles. The number of carbonyl (C=O) groups is 1. The summed E-state index contributed by atoms with van der Waals surface area (Å²) in [5.74, 6) is 0.287. The second-order valence-corrected chi connectivity index (χ2v) is 7.66. The van der Waals surface area contributed by atoms with E-state index in [0.29, 0.717) is 6.42 Å². The summed E-state index contributed by atoms with van der Waals surface area (Å²) in [7, 11) is 3.46. The van der Waals surface area contributed by atoms with Crippen molar-refractivity contribution in [1.29, 1.82) is 0 Å². The van der Waals surface area contributed by atoms with E-state index in [4.69, 9.17) is 9.47 Å². The van der Waals surface area contributed by atoms with Crippen molar-refractivity contribution < 1.29 is 14.3 Å². The number of hydrogen-bond acceptors (Lipinski definition) is 5. The molecule has 0 aromatic carbocycles. The van der Waals surface area contributed by atoms with E-state index in [-0.39, 0.29) is 24.2 Å². The molecule has 1 aromatic heterocycles. The summed E-state index contributed by atoms with van der Waals surface area (Å²) < 4.78 is 11.0. The van der Waals surface area contributed by atoms with Gasteiger partial charge in [-0.2, -0.15) is 0 Å². The van der Waals surface area contributed by atoms with Gasteiger partial charge in [0, 0.05) is 38.2 Å². The monoisotopic (exact) mass is 328 g/mol. The highest BCUT2D eigenvalue weighted by atomic mass is 32.1. The highest BCUT2D eigenvalue weighted by molar-refractivity contribution is 7.09. The van der Waals surface area contributed by atoms with Gasteiger partial charge in [0.2, 0.25) is 0 Å². The molecule has 0 radical (unpaired) electrons. The molecule has 1 rings (SSSR count). The lowest BCUT2D eigenvalue weighted by molar-refractivity contribution is 0.00577. The summed E-state index contributed by atoms with van der Waals surface area (Å²) in [5.41, 5.74) is -0.497. The van der Waals surface area contributed by atoms with E-state index in [2.05, 4.69) is 18.8 Å². The van der Waals surface area contributed by atoms with Crippen LogP contribution >= 0.6 is 11.3 Å². The zero-order valence-corrected chi connectivity index (χ0v) is 15.4. The molecule has 0 bridgehead atoms. The van der Waals surface area contributed by atoms with Crippen molar-refractivity contribution >= 4 is 17.4 Å². The topological polar surface area (TPSA) is 51.7 Å². The van der Waals surface area contributed by atoms with Crippen molar-refractivity contribution in [3.63, 3.8) is 0 Å². The van der Waals surface area contributed by atoms with E-state index >= 15 is 0 Å². The van der Waals surface area contributed by atoms with Crippen LogP contribution in [0.2, 0.25) is 0 Å². The Balaban J connectivity index is 2.82. The van der Waals surface area contributed by atoms with Crippen LogP contribution in [0, 0.1) is 5.92 Å². The van der Waals surface area contributed by atoms with Crippen molar-refractivity contribution in [2.24, 2.45) is 5.92 Å². The van der Waals surface area contributed by atoms with Gasteiger partial charge in [-0.05, 0) is 26.7 Å². The molecular weight excluding hydrogens is 300 g/mol. The number of amides is 1. The lowest BCUT2D eigenvalue weighted by atomic mass is 9.97. The van der Waals surface area contributed by atoms with Crippen molar-refractivity contribution in [2.45, 2.75) is 58.8 Å². The van der Waals surface area contributed by atoms with Crippen LogP contribution in [0.4, 0.5) is 4.79 Å². The Morgan fingerprint density at radius 1 is 1.41 bits per heavy atom. The van der Waals surface area contributed by atoms with Crippen LogP contribution < -0.4 is 0 Å². The van der Waals surface area contributed by atoms with E-state index in [1.807, 2.05) is 26.2 Å². The third-order valence-corrected chi connectivity index (χ3v) is 4.28. The summed E-state index contributed by atoms with van der Waals surface area (Å²) >= 11 is 1.57. The van der Waals surface area contributed by atoms with Gasteiger partial charge in [-0.15, -0.1) is 11.3 Å². The zero-order chi connectivity index (χ0) is 16.9. The number of aromatic nitrogens is 1. The average molecular weight is 328 g/mol. The minimum atomic E-state index is -0.497. The minimum absolute atomic E-state index is 0.0173. The number of ether oxygens (including phenoxy) is 2. The minimum Gasteiger partial charge on any atom is -0.444 e. The fourth-order valence-electron chi connectivity index (χ4n) is 2.26. The van der Waals surface area contributed by atoms with Gasteiger partial charge in [-0.3, -0.25) is 0 Å². The Bertz CT molecular complexity index is 454. The molecule has 0 fully saturated rings. The molecule has 126 valence electrons. The molecule has 2 atom stereocenters. The van der Waals surface area contributed by atoms with Crippen LogP contribution in [0.1, 0.15) is 52.2 Å². The van der Waals surface area contributed by atoms with Gasteiger partial charge >= 0.3 is 6.09 Å².